The molecule has 2 aromatic heterocycles. The van der Waals surface area contributed by atoms with E-state index in [0.29, 0.717) is 25.9 Å². The molecule has 0 saturated heterocycles. The fourth-order valence-electron chi connectivity index (χ4n) is 3.70. The quantitative estimate of drug-likeness (QED) is 0.264. The monoisotopic (exact) mass is 468 g/mol. The van der Waals surface area contributed by atoms with Crippen molar-refractivity contribution in [3.05, 3.63) is 103 Å². The van der Waals surface area contributed by atoms with Crippen LogP contribution in [0.1, 0.15) is 5.56 Å². The van der Waals surface area contributed by atoms with Gasteiger partial charge in [-0.05, 0) is 48.1 Å². The molecule has 5 rings (SSSR count). The molecule has 0 atom stereocenters. The van der Waals surface area contributed by atoms with Gasteiger partial charge in [0.15, 0.2) is 3.95 Å². The van der Waals surface area contributed by atoms with Crippen LogP contribution in [0.15, 0.2) is 77.6 Å². The maximum absolute atomic E-state index is 13.6. The Morgan fingerprint density at radius 2 is 1.70 bits per heavy atom. The van der Waals surface area contributed by atoms with E-state index in [0.717, 1.165) is 27.2 Å². The highest BCUT2D eigenvalue weighted by molar-refractivity contribution is 7.73. The fraction of sp³-hybridized carbons (Fsp3) is 0.0435. The number of para-hydroxylation sites is 1. The van der Waals surface area contributed by atoms with Crippen LogP contribution in [0.25, 0.3) is 27.0 Å². The van der Waals surface area contributed by atoms with Gasteiger partial charge in [0, 0.05) is 15.6 Å². The molecular formula is C23H14Cl2N2OS2. The van der Waals surface area contributed by atoms with Crippen molar-refractivity contribution in [1.82, 2.24) is 8.97 Å². The van der Waals surface area contributed by atoms with Crippen molar-refractivity contribution in [2.45, 2.75) is 6.54 Å². The Kier molecular flexibility index (Phi) is 4.99. The predicted octanol–water partition coefficient (Wildman–Crippen LogP) is 7.07. The molecular weight excluding hydrogens is 455 g/mol. The topological polar surface area (TPSA) is 26.4 Å². The van der Waals surface area contributed by atoms with E-state index in [2.05, 4.69) is 0 Å². The number of thiazole rings is 1. The first-order chi connectivity index (χ1) is 14.5. The number of fused-ring (bicyclic) bond motifs is 3. The summed E-state index contributed by atoms with van der Waals surface area (Å²) in [6.07, 6.45) is 0. The number of hydrogen-bond acceptors (Lipinski definition) is 3. The van der Waals surface area contributed by atoms with Crippen molar-refractivity contribution in [2.24, 2.45) is 0 Å². The molecule has 0 aliphatic rings. The van der Waals surface area contributed by atoms with Crippen LogP contribution >= 0.6 is 46.8 Å². The highest BCUT2D eigenvalue weighted by Crippen LogP contribution is 2.37. The summed E-state index contributed by atoms with van der Waals surface area (Å²) in [5, 5.41) is 1.86. The summed E-state index contributed by atoms with van der Waals surface area (Å²) in [7, 11) is 0. The molecule has 0 radical (unpaired) electrons. The summed E-state index contributed by atoms with van der Waals surface area (Å²) in [4.78, 5) is 14.4. The summed E-state index contributed by atoms with van der Waals surface area (Å²) >= 11 is 19.9. The number of rotatable bonds is 3. The van der Waals surface area contributed by atoms with Gasteiger partial charge in [0.1, 0.15) is 5.65 Å². The number of nitrogens with zero attached hydrogens (tertiary/aromatic N) is 2. The minimum atomic E-state index is -0.0771. The van der Waals surface area contributed by atoms with E-state index < -0.39 is 0 Å². The van der Waals surface area contributed by atoms with Crippen molar-refractivity contribution in [3.63, 3.8) is 0 Å². The molecule has 0 amide bonds. The Bertz CT molecular complexity index is 1550. The van der Waals surface area contributed by atoms with Crippen molar-refractivity contribution < 1.29 is 0 Å². The third kappa shape index (κ3) is 3.19. The molecule has 30 heavy (non-hydrogen) atoms. The first kappa shape index (κ1) is 19.5. The van der Waals surface area contributed by atoms with Gasteiger partial charge < -0.3 is 0 Å². The first-order valence-corrected chi connectivity index (χ1v) is 11.2. The molecule has 5 aromatic rings. The number of benzene rings is 3. The highest BCUT2D eigenvalue weighted by Gasteiger charge is 2.19. The van der Waals surface area contributed by atoms with Crippen molar-refractivity contribution in [1.29, 1.82) is 0 Å². The zero-order valence-electron chi connectivity index (χ0n) is 15.5. The van der Waals surface area contributed by atoms with Gasteiger partial charge in [-0.15, -0.1) is 11.3 Å². The summed E-state index contributed by atoms with van der Waals surface area (Å²) in [5.41, 5.74) is 3.24. The van der Waals surface area contributed by atoms with Crippen molar-refractivity contribution >= 4 is 63.3 Å². The molecule has 0 unspecified atom stereocenters. The minimum absolute atomic E-state index is 0.0771. The van der Waals surface area contributed by atoms with Crippen LogP contribution in [-0.2, 0) is 6.54 Å². The summed E-state index contributed by atoms with van der Waals surface area (Å²) < 4.78 is 4.40. The molecule has 0 fully saturated rings. The normalized spacial score (nSPS) is 11.4. The zero-order valence-corrected chi connectivity index (χ0v) is 18.7. The molecule has 3 nitrogen and oxygen atoms in total. The summed E-state index contributed by atoms with van der Waals surface area (Å²) in [5.74, 6) is 0. The second-order valence-electron chi connectivity index (χ2n) is 6.87. The van der Waals surface area contributed by atoms with E-state index in [4.69, 9.17) is 35.4 Å². The smallest absolute Gasteiger partial charge is 0.261 e. The highest BCUT2D eigenvalue weighted by atomic mass is 35.5. The van der Waals surface area contributed by atoms with Crippen LogP contribution in [0.2, 0.25) is 10.0 Å². The lowest BCUT2D eigenvalue weighted by molar-refractivity contribution is 0.781. The molecule has 0 bridgehead atoms. The maximum Gasteiger partial charge on any atom is 0.261 e. The van der Waals surface area contributed by atoms with Gasteiger partial charge in [-0.3, -0.25) is 13.8 Å². The lowest BCUT2D eigenvalue weighted by atomic mass is 10.1. The van der Waals surface area contributed by atoms with Gasteiger partial charge in [0.25, 0.3) is 5.56 Å². The SMILES string of the molecule is O=c1c2ccccc2n2c(=S)sc(-c3ccccc3Cl)c2n1Cc1cccc(Cl)c1. The third-order valence-corrected chi connectivity index (χ3v) is 6.97. The van der Waals surface area contributed by atoms with Crippen LogP contribution in [0, 0.1) is 3.95 Å². The molecule has 0 aliphatic heterocycles. The summed E-state index contributed by atoms with van der Waals surface area (Å²) in [6, 6.07) is 22.7. The first-order valence-electron chi connectivity index (χ1n) is 9.21. The number of halogens is 2. The van der Waals surface area contributed by atoms with Crippen LogP contribution in [-0.4, -0.2) is 8.97 Å². The second kappa shape index (κ2) is 7.67. The lowest BCUT2D eigenvalue weighted by Gasteiger charge is -2.14. The third-order valence-electron chi connectivity index (χ3n) is 5.01. The maximum atomic E-state index is 13.6. The standard InChI is InChI=1S/C23H14Cl2N2OS2/c24-15-7-5-6-14(12-15)13-26-21-20(16-8-1-3-10-18(16)25)30-23(29)27(21)19-11-4-2-9-17(19)22(26)28/h1-12H,13H2. The number of aromatic nitrogens is 2. The second-order valence-corrected chi connectivity index (χ2v) is 9.36. The average molecular weight is 469 g/mol. The molecule has 2 heterocycles. The van der Waals surface area contributed by atoms with E-state index >= 15 is 0 Å². The lowest BCUT2D eigenvalue weighted by Crippen LogP contribution is -2.23. The van der Waals surface area contributed by atoms with Crippen molar-refractivity contribution in [3.8, 4) is 10.4 Å². The van der Waals surface area contributed by atoms with Gasteiger partial charge in [0.2, 0.25) is 0 Å². The van der Waals surface area contributed by atoms with E-state index in [1.807, 2.05) is 77.2 Å². The van der Waals surface area contributed by atoms with Crippen LogP contribution in [0.3, 0.4) is 0 Å². The van der Waals surface area contributed by atoms with Crippen LogP contribution < -0.4 is 5.56 Å². The predicted molar refractivity (Wildman–Crippen MR) is 129 cm³/mol. The van der Waals surface area contributed by atoms with E-state index in [1.165, 1.54) is 11.3 Å². The molecule has 0 N–H and O–H groups in total. The molecule has 0 saturated carbocycles. The minimum Gasteiger partial charge on any atom is -0.288 e. The van der Waals surface area contributed by atoms with Crippen LogP contribution in [0.5, 0.6) is 0 Å². The summed E-state index contributed by atoms with van der Waals surface area (Å²) in [6.45, 7) is 0.372. The van der Waals surface area contributed by atoms with Gasteiger partial charge >= 0.3 is 0 Å². The fourth-order valence-corrected chi connectivity index (χ4v) is 5.66. The Balaban J connectivity index is 1.93. The van der Waals surface area contributed by atoms with Gasteiger partial charge in [0.05, 0.1) is 22.3 Å². The number of hydrogen-bond donors (Lipinski definition) is 0. The zero-order chi connectivity index (χ0) is 20.8. The van der Waals surface area contributed by atoms with Gasteiger partial charge in [-0.2, -0.15) is 0 Å². The molecule has 3 aromatic carbocycles. The van der Waals surface area contributed by atoms with Gasteiger partial charge in [-0.1, -0.05) is 65.7 Å². The Morgan fingerprint density at radius 1 is 0.933 bits per heavy atom. The molecule has 0 spiro atoms. The van der Waals surface area contributed by atoms with Crippen molar-refractivity contribution in [2.75, 3.05) is 0 Å². The average Bonchev–Trinajstić information content (AvgIpc) is 3.08. The molecule has 148 valence electrons. The largest absolute Gasteiger partial charge is 0.288 e. The van der Waals surface area contributed by atoms with Gasteiger partial charge in [-0.25, -0.2) is 0 Å². The van der Waals surface area contributed by atoms with E-state index in [-0.39, 0.29) is 5.56 Å². The Morgan fingerprint density at radius 3 is 2.50 bits per heavy atom. The van der Waals surface area contributed by atoms with E-state index in [9.17, 15) is 4.79 Å². The van der Waals surface area contributed by atoms with E-state index in [1.54, 1.807) is 4.57 Å². The molecule has 0 aliphatic carbocycles. The van der Waals surface area contributed by atoms with Crippen LogP contribution in [0.4, 0.5) is 0 Å². The Labute approximate surface area is 191 Å². The Hall–Kier alpha value is -2.44. The molecule has 7 heteroatoms.